The van der Waals surface area contributed by atoms with Crippen LogP contribution in [0.2, 0.25) is 5.02 Å². The van der Waals surface area contributed by atoms with Crippen LogP contribution in [-0.2, 0) is 0 Å². The van der Waals surface area contributed by atoms with Crippen molar-refractivity contribution in [3.8, 4) is 0 Å². The van der Waals surface area contributed by atoms with Crippen LogP contribution >= 0.6 is 11.6 Å². The number of carbonyl (C=O) groups is 1. The van der Waals surface area contributed by atoms with Gasteiger partial charge >= 0.3 is 6.09 Å². The van der Waals surface area contributed by atoms with Crippen LogP contribution in [0.15, 0.2) is 24.3 Å². The maximum absolute atomic E-state index is 10.5. The van der Waals surface area contributed by atoms with Gasteiger partial charge in [0.15, 0.2) is 0 Å². The lowest BCUT2D eigenvalue weighted by molar-refractivity contribution is 0.191. The molecule has 1 amide bonds. The molecule has 1 aromatic carbocycles. The highest BCUT2D eigenvalue weighted by molar-refractivity contribution is 6.30. The maximum Gasteiger partial charge on any atom is 0.404 e. The van der Waals surface area contributed by atoms with Gasteiger partial charge in [0.2, 0.25) is 0 Å². The summed E-state index contributed by atoms with van der Waals surface area (Å²) in [4.78, 5) is 12.6. The predicted molar refractivity (Wildman–Crippen MR) is 63.2 cm³/mol. The zero-order valence-electron chi connectivity index (χ0n) is 8.69. The second-order valence-corrected chi connectivity index (χ2v) is 4.30. The number of nitrogens with zero attached hydrogens (tertiary/aromatic N) is 1. The number of nitrogens with one attached hydrogen (secondary N) is 1. The molecule has 1 saturated heterocycles. The van der Waals surface area contributed by atoms with E-state index in [0.717, 1.165) is 18.7 Å². The number of halogens is 1. The Kier molecular flexibility index (Phi) is 3.19. The highest BCUT2D eigenvalue weighted by Crippen LogP contribution is 2.23. The molecule has 16 heavy (non-hydrogen) atoms. The molecule has 0 aliphatic carbocycles. The number of hydrogen-bond donors (Lipinski definition) is 2. The van der Waals surface area contributed by atoms with Crippen LogP contribution in [0.3, 0.4) is 0 Å². The van der Waals surface area contributed by atoms with Gasteiger partial charge < -0.3 is 15.3 Å². The molecule has 1 aliphatic rings. The predicted octanol–water partition coefficient (Wildman–Crippen LogP) is 2.19. The number of carboxylic acid groups (broad SMARTS) is 1. The van der Waals surface area contributed by atoms with E-state index in [2.05, 4.69) is 10.2 Å². The molecule has 2 N–H and O–H groups in total. The van der Waals surface area contributed by atoms with Crippen LogP contribution < -0.4 is 10.2 Å². The normalized spacial score (nSPS) is 19.8. The van der Waals surface area contributed by atoms with Gasteiger partial charge in [-0.25, -0.2) is 4.79 Å². The Morgan fingerprint density at radius 1 is 1.56 bits per heavy atom. The largest absolute Gasteiger partial charge is 0.465 e. The van der Waals surface area contributed by atoms with Crippen LogP contribution in [-0.4, -0.2) is 30.3 Å². The van der Waals surface area contributed by atoms with E-state index in [4.69, 9.17) is 16.7 Å². The van der Waals surface area contributed by atoms with Crippen molar-refractivity contribution in [2.45, 2.75) is 12.5 Å². The molecule has 0 radical (unpaired) electrons. The number of benzene rings is 1. The van der Waals surface area contributed by atoms with E-state index in [-0.39, 0.29) is 6.04 Å². The Balaban J connectivity index is 2.00. The van der Waals surface area contributed by atoms with Crippen LogP contribution in [0, 0.1) is 0 Å². The molecule has 1 fully saturated rings. The molecule has 1 aliphatic heterocycles. The molecule has 4 nitrogen and oxygen atoms in total. The molecule has 1 heterocycles. The van der Waals surface area contributed by atoms with Crippen LogP contribution in [0.1, 0.15) is 6.42 Å². The minimum absolute atomic E-state index is 0.0106. The minimum Gasteiger partial charge on any atom is -0.465 e. The van der Waals surface area contributed by atoms with Gasteiger partial charge in [0.1, 0.15) is 0 Å². The molecular formula is C11H13ClN2O2. The molecule has 1 atom stereocenters. The zero-order chi connectivity index (χ0) is 11.5. The van der Waals surface area contributed by atoms with Crippen molar-refractivity contribution in [1.82, 2.24) is 5.32 Å². The summed E-state index contributed by atoms with van der Waals surface area (Å²) in [6.07, 6.45) is -0.128. The van der Waals surface area contributed by atoms with Crippen molar-refractivity contribution in [3.63, 3.8) is 0 Å². The highest BCUT2D eigenvalue weighted by atomic mass is 35.5. The Bertz CT molecular complexity index is 397. The zero-order valence-corrected chi connectivity index (χ0v) is 9.44. The van der Waals surface area contributed by atoms with Gasteiger partial charge in [-0.2, -0.15) is 0 Å². The Labute approximate surface area is 98.8 Å². The van der Waals surface area contributed by atoms with Gasteiger partial charge in [-0.05, 0) is 24.6 Å². The topological polar surface area (TPSA) is 52.6 Å². The lowest BCUT2D eigenvalue weighted by atomic mass is 10.3. The van der Waals surface area contributed by atoms with Crippen LogP contribution in [0.25, 0.3) is 0 Å². The third-order valence-electron chi connectivity index (χ3n) is 2.69. The van der Waals surface area contributed by atoms with E-state index in [1.54, 1.807) is 0 Å². The van der Waals surface area contributed by atoms with Gasteiger partial charge in [-0.3, -0.25) is 0 Å². The number of anilines is 1. The third kappa shape index (κ3) is 2.58. The molecule has 0 aromatic heterocycles. The Morgan fingerprint density at radius 3 is 3.06 bits per heavy atom. The van der Waals surface area contributed by atoms with Crippen molar-refractivity contribution < 1.29 is 9.90 Å². The molecule has 86 valence electrons. The second kappa shape index (κ2) is 4.61. The van der Waals surface area contributed by atoms with E-state index >= 15 is 0 Å². The van der Waals surface area contributed by atoms with E-state index in [1.807, 2.05) is 24.3 Å². The van der Waals surface area contributed by atoms with Crippen molar-refractivity contribution in [1.29, 1.82) is 0 Å². The lowest BCUT2D eigenvalue weighted by Gasteiger charge is -2.18. The first kappa shape index (κ1) is 11.1. The molecule has 1 aromatic rings. The first-order chi connectivity index (χ1) is 7.65. The maximum atomic E-state index is 10.5. The summed E-state index contributed by atoms with van der Waals surface area (Å²) in [5, 5.41) is 11.8. The average Bonchev–Trinajstić information content (AvgIpc) is 2.65. The van der Waals surface area contributed by atoms with Gasteiger partial charge in [0.25, 0.3) is 0 Å². The molecule has 0 spiro atoms. The smallest absolute Gasteiger partial charge is 0.404 e. The fraction of sp³-hybridized carbons (Fsp3) is 0.364. The van der Waals surface area contributed by atoms with Gasteiger partial charge in [0, 0.05) is 23.8 Å². The highest BCUT2D eigenvalue weighted by Gasteiger charge is 2.23. The summed E-state index contributed by atoms with van der Waals surface area (Å²) in [6.45, 7) is 1.55. The SMILES string of the molecule is O=C(O)N[C@H]1CCN(c2cccc(Cl)c2)C1. The first-order valence-corrected chi connectivity index (χ1v) is 5.53. The Morgan fingerprint density at radius 2 is 2.38 bits per heavy atom. The van der Waals surface area contributed by atoms with Crippen LogP contribution in [0.5, 0.6) is 0 Å². The molecule has 2 rings (SSSR count). The monoisotopic (exact) mass is 240 g/mol. The number of amides is 1. The standard InChI is InChI=1S/C11H13ClN2O2/c12-8-2-1-3-10(6-8)14-5-4-9(7-14)13-11(15)16/h1-3,6,9,13H,4-5,7H2,(H,15,16)/t9-/m0/s1. The van der Waals surface area contributed by atoms with Gasteiger partial charge in [0.05, 0.1) is 6.04 Å². The minimum atomic E-state index is -0.960. The van der Waals surface area contributed by atoms with E-state index in [0.29, 0.717) is 11.6 Å². The van der Waals surface area contributed by atoms with E-state index < -0.39 is 6.09 Å². The van der Waals surface area contributed by atoms with E-state index in [1.165, 1.54) is 0 Å². The number of hydrogen-bond acceptors (Lipinski definition) is 2. The second-order valence-electron chi connectivity index (χ2n) is 3.86. The van der Waals surface area contributed by atoms with Crippen LogP contribution in [0.4, 0.5) is 10.5 Å². The fourth-order valence-corrected chi connectivity index (χ4v) is 2.14. The molecule has 0 bridgehead atoms. The van der Waals surface area contributed by atoms with Crippen molar-refractivity contribution >= 4 is 23.4 Å². The molecular weight excluding hydrogens is 228 g/mol. The summed E-state index contributed by atoms with van der Waals surface area (Å²) in [7, 11) is 0. The molecule has 5 heteroatoms. The van der Waals surface area contributed by atoms with E-state index in [9.17, 15) is 4.79 Å². The summed E-state index contributed by atoms with van der Waals surface area (Å²) in [6, 6.07) is 7.61. The van der Waals surface area contributed by atoms with Crippen molar-refractivity contribution in [2.75, 3.05) is 18.0 Å². The van der Waals surface area contributed by atoms with Crippen molar-refractivity contribution in [3.05, 3.63) is 29.3 Å². The molecule has 0 unspecified atom stereocenters. The lowest BCUT2D eigenvalue weighted by Crippen LogP contribution is -2.36. The van der Waals surface area contributed by atoms with Gasteiger partial charge in [-0.1, -0.05) is 17.7 Å². The quantitative estimate of drug-likeness (QED) is 0.833. The van der Waals surface area contributed by atoms with Crippen molar-refractivity contribution in [2.24, 2.45) is 0 Å². The van der Waals surface area contributed by atoms with Gasteiger partial charge in [-0.15, -0.1) is 0 Å². The summed E-state index contributed by atoms with van der Waals surface area (Å²) >= 11 is 5.91. The first-order valence-electron chi connectivity index (χ1n) is 5.15. The number of rotatable bonds is 2. The average molecular weight is 241 g/mol. The summed E-state index contributed by atoms with van der Waals surface area (Å²) in [5.74, 6) is 0. The molecule has 0 saturated carbocycles. The third-order valence-corrected chi connectivity index (χ3v) is 2.92. The fourth-order valence-electron chi connectivity index (χ4n) is 1.96. The summed E-state index contributed by atoms with van der Waals surface area (Å²) < 4.78 is 0. The summed E-state index contributed by atoms with van der Waals surface area (Å²) in [5.41, 5.74) is 1.04. The Hall–Kier alpha value is -1.42.